The fourth-order valence-electron chi connectivity index (χ4n) is 4.52. The second-order valence-corrected chi connectivity index (χ2v) is 12.7. The number of hydrogen-bond donors (Lipinski definition) is 1. The van der Waals surface area contributed by atoms with Gasteiger partial charge >= 0.3 is 5.97 Å². The highest BCUT2D eigenvalue weighted by atomic mass is 35.5. The summed E-state index contributed by atoms with van der Waals surface area (Å²) >= 11 is 14.7. The number of aryl methyl sites for hydroxylation is 1. The molecule has 0 aliphatic carbocycles. The first kappa shape index (κ1) is 29.0. The Labute approximate surface area is 243 Å². The quantitative estimate of drug-likeness (QED) is 0.189. The van der Waals surface area contributed by atoms with Crippen molar-refractivity contribution in [1.29, 1.82) is 0 Å². The monoisotopic (exact) mass is 583 g/mol. The van der Waals surface area contributed by atoms with Crippen molar-refractivity contribution in [2.24, 2.45) is 0 Å². The molecule has 0 saturated carbocycles. The molecule has 6 nitrogen and oxygen atoms in total. The molecular weight excluding hydrogens is 553 g/mol. The molecule has 0 fully saturated rings. The Morgan fingerprint density at radius 1 is 1.08 bits per heavy atom. The predicted molar refractivity (Wildman–Crippen MR) is 158 cm³/mol. The van der Waals surface area contributed by atoms with Crippen LogP contribution in [0.3, 0.4) is 0 Å². The lowest BCUT2D eigenvalue weighted by molar-refractivity contribution is -0.136. The minimum atomic E-state index is -0.831. The van der Waals surface area contributed by atoms with Crippen LogP contribution in [0.25, 0.3) is 5.69 Å². The van der Waals surface area contributed by atoms with E-state index in [1.54, 1.807) is 34.6 Å². The van der Waals surface area contributed by atoms with Gasteiger partial charge in [-0.05, 0) is 79.8 Å². The Morgan fingerprint density at radius 3 is 2.33 bits per heavy atom. The van der Waals surface area contributed by atoms with E-state index >= 15 is 0 Å². The van der Waals surface area contributed by atoms with E-state index in [2.05, 4.69) is 51.0 Å². The van der Waals surface area contributed by atoms with Crippen molar-refractivity contribution in [3.8, 4) is 11.4 Å². The zero-order chi connectivity index (χ0) is 28.3. The van der Waals surface area contributed by atoms with Crippen molar-refractivity contribution >= 4 is 40.9 Å². The van der Waals surface area contributed by atoms with Crippen molar-refractivity contribution in [1.82, 2.24) is 15.0 Å². The van der Waals surface area contributed by atoms with Crippen molar-refractivity contribution in [3.05, 3.63) is 98.8 Å². The van der Waals surface area contributed by atoms with Gasteiger partial charge in [0.25, 0.3) is 0 Å². The van der Waals surface area contributed by atoms with E-state index < -0.39 is 5.97 Å². The lowest BCUT2D eigenvalue weighted by Gasteiger charge is -2.27. The van der Waals surface area contributed by atoms with Gasteiger partial charge in [0, 0.05) is 9.64 Å². The molecule has 4 rings (SSSR count). The van der Waals surface area contributed by atoms with Crippen molar-refractivity contribution in [2.75, 3.05) is 0 Å². The number of aromatic nitrogens is 3. The largest absolute Gasteiger partial charge is 0.487 e. The molecule has 9 heteroatoms. The van der Waals surface area contributed by atoms with Crippen LogP contribution in [-0.4, -0.2) is 26.1 Å². The Kier molecular flexibility index (Phi) is 8.94. The lowest BCUT2D eigenvalue weighted by atomic mass is 9.97. The second kappa shape index (κ2) is 12.0. The molecule has 0 bridgehead atoms. The Bertz CT molecular complexity index is 1460. The highest BCUT2D eigenvalue weighted by Crippen LogP contribution is 2.43. The fraction of sp³-hybridized carbons (Fsp3) is 0.300. The number of thioether (sulfide) groups is 1. The van der Waals surface area contributed by atoms with Gasteiger partial charge in [0.15, 0.2) is 0 Å². The third-order valence-electron chi connectivity index (χ3n) is 6.36. The number of carbonyl (C=O) groups is 1. The van der Waals surface area contributed by atoms with Gasteiger partial charge in [-0.1, -0.05) is 66.5 Å². The van der Waals surface area contributed by atoms with E-state index in [0.29, 0.717) is 15.7 Å². The van der Waals surface area contributed by atoms with Gasteiger partial charge in [-0.3, -0.25) is 4.79 Å². The fourth-order valence-corrected chi connectivity index (χ4v) is 6.28. The molecule has 1 heterocycles. The molecule has 4 aromatic rings. The molecule has 0 amide bonds. The number of halogens is 2. The normalized spacial score (nSPS) is 11.7. The average Bonchev–Trinajstić information content (AvgIpc) is 3.27. The molecule has 1 N–H and O–H groups in total. The first-order chi connectivity index (χ1) is 18.5. The van der Waals surface area contributed by atoms with E-state index in [-0.39, 0.29) is 23.7 Å². The number of para-hydroxylation sites is 1. The van der Waals surface area contributed by atoms with Gasteiger partial charge in [0.2, 0.25) is 0 Å². The number of aliphatic carboxylic acids is 1. The summed E-state index contributed by atoms with van der Waals surface area (Å²) in [6.07, 6.45) is 0.0237. The van der Waals surface area contributed by atoms with Crippen LogP contribution in [0, 0.1) is 6.92 Å². The Balaban J connectivity index is 1.53. The molecule has 0 unspecified atom stereocenters. The molecule has 39 heavy (non-hydrogen) atoms. The van der Waals surface area contributed by atoms with Gasteiger partial charge in [-0.15, -0.1) is 16.9 Å². The van der Waals surface area contributed by atoms with Crippen LogP contribution < -0.4 is 4.74 Å². The van der Waals surface area contributed by atoms with Crippen LogP contribution in [0.15, 0.2) is 65.6 Å². The number of hydrogen-bond acceptors (Lipinski definition) is 5. The van der Waals surface area contributed by atoms with Crippen molar-refractivity contribution in [2.45, 2.75) is 63.2 Å². The smallest absolute Gasteiger partial charge is 0.307 e. The minimum Gasteiger partial charge on any atom is -0.487 e. The molecular formula is C30H31Cl2N3O3S. The minimum absolute atomic E-state index is 0.0237. The average molecular weight is 585 g/mol. The first-order valence-corrected chi connectivity index (χ1v) is 14.2. The van der Waals surface area contributed by atoms with Crippen molar-refractivity contribution in [3.63, 3.8) is 0 Å². The molecule has 0 spiro atoms. The first-order valence-electron chi connectivity index (χ1n) is 12.6. The third kappa shape index (κ3) is 6.78. The molecule has 0 atom stereocenters. The van der Waals surface area contributed by atoms with Gasteiger partial charge in [0.1, 0.15) is 23.7 Å². The molecule has 0 aliphatic heterocycles. The van der Waals surface area contributed by atoms with E-state index in [1.807, 2.05) is 36.4 Å². The summed E-state index contributed by atoms with van der Waals surface area (Å²) in [5.41, 5.74) is 5.29. The van der Waals surface area contributed by atoms with E-state index in [9.17, 15) is 4.79 Å². The maximum absolute atomic E-state index is 11.0. The molecule has 204 valence electrons. The van der Waals surface area contributed by atoms with Gasteiger partial charge in [-0.25, -0.2) is 4.68 Å². The van der Waals surface area contributed by atoms with Gasteiger partial charge in [-0.2, -0.15) is 0 Å². The van der Waals surface area contributed by atoms with Crippen LogP contribution in [-0.2, 0) is 22.6 Å². The van der Waals surface area contributed by atoms with Crippen molar-refractivity contribution < 1.29 is 14.6 Å². The van der Waals surface area contributed by atoms with E-state index in [4.69, 9.17) is 33.0 Å². The highest BCUT2D eigenvalue weighted by Gasteiger charge is 2.25. The third-order valence-corrected chi connectivity index (χ3v) is 8.21. The SMILES string of the molecule is Cc1cc(OCc2c(C(C)C)nnn2-c2c(Cl)cccc2Cl)ccc1C(C)(C)Sc1ccc(CC(=O)O)cc1. The summed E-state index contributed by atoms with van der Waals surface area (Å²) in [5.74, 6) is 0.0454. The number of rotatable bonds is 10. The molecule has 0 aliphatic rings. The van der Waals surface area contributed by atoms with E-state index in [1.165, 1.54) is 5.56 Å². The van der Waals surface area contributed by atoms with Crippen LogP contribution in [0.1, 0.15) is 61.7 Å². The molecule has 3 aromatic carbocycles. The number of carboxylic acids is 1. The zero-order valence-electron chi connectivity index (χ0n) is 22.5. The Hall–Kier alpha value is -3.00. The number of ether oxygens (including phenoxy) is 1. The predicted octanol–water partition coefficient (Wildman–Crippen LogP) is 8.24. The summed E-state index contributed by atoms with van der Waals surface area (Å²) in [7, 11) is 0. The van der Waals surface area contributed by atoms with Gasteiger partial charge in [0.05, 0.1) is 22.2 Å². The highest BCUT2D eigenvalue weighted by molar-refractivity contribution is 8.00. The maximum atomic E-state index is 11.0. The summed E-state index contributed by atoms with van der Waals surface area (Å²) in [6, 6.07) is 19.2. The zero-order valence-corrected chi connectivity index (χ0v) is 24.9. The lowest BCUT2D eigenvalue weighted by Crippen LogP contribution is -2.14. The summed E-state index contributed by atoms with van der Waals surface area (Å²) < 4.78 is 7.71. The second-order valence-electron chi connectivity index (χ2n) is 10.2. The Morgan fingerprint density at radius 2 is 1.74 bits per heavy atom. The van der Waals surface area contributed by atoms with E-state index in [0.717, 1.165) is 33.2 Å². The van der Waals surface area contributed by atoms with Gasteiger partial charge < -0.3 is 9.84 Å². The van der Waals surface area contributed by atoms with Crippen LogP contribution in [0.5, 0.6) is 5.75 Å². The molecule has 0 radical (unpaired) electrons. The summed E-state index contributed by atoms with van der Waals surface area (Å²) in [5, 5.41) is 18.7. The molecule has 1 aromatic heterocycles. The maximum Gasteiger partial charge on any atom is 0.307 e. The topological polar surface area (TPSA) is 77.2 Å². The van der Waals surface area contributed by atoms with Crippen LogP contribution in [0.2, 0.25) is 10.0 Å². The summed E-state index contributed by atoms with van der Waals surface area (Å²) in [6.45, 7) is 10.8. The molecule has 0 saturated heterocycles. The number of benzene rings is 3. The summed E-state index contributed by atoms with van der Waals surface area (Å²) in [4.78, 5) is 12.0. The number of nitrogens with zero attached hydrogens (tertiary/aromatic N) is 3. The standard InChI is InChI=1S/C30H31Cl2N3O3S/c1-18(2)28-26(35(34-33-28)29-24(31)7-6-8-25(29)32)17-38-21-11-14-23(19(3)15-21)30(4,5)39-22-12-9-20(10-13-22)16-27(36)37/h6-15,18H,16-17H2,1-5H3,(H,36,37). The van der Waals surface area contributed by atoms with Crippen LogP contribution >= 0.6 is 35.0 Å². The van der Waals surface area contributed by atoms with Crippen LogP contribution in [0.4, 0.5) is 0 Å². The number of carboxylic acid groups (broad SMARTS) is 1.